The summed E-state index contributed by atoms with van der Waals surface area (Å²) in [5.41, 5.74) is 11.5. The summed E-state index contributed by atoms with van der Waals surface area (Å²) < 4.78 is 0. The van der Waals surface area contributed by atoms with E-state index in [2.05, 4.69) is 9.97 Å². The Morgan fingerprint density at radius 2 is 2.07 bits per heavy atom. The molecule has 0 saturated carbocycles. The molecule has 1 aromatic rings. The van der Waals surface area contributed by atoms with Crippen LogP contribution in [0.15, 0.2) is 0 Å². The second-order valence-corrected chi connectivity index (χ2v) is 3.10. The lowest BCUT2D eigenvalue weighted by Crippen LogP contribution is -2.18. The minimum atomic E-state index is -0.581. The number of aromatic nitrogens is 2. The van der Waals surface area contributed by atoms with Gasteiger partial charge in [-0.05, 0) is 13.3 Å². The molecule has 0 aliphatic rings. The zero-order chi connectivity index (χ0) is 10.7. The number of rotatable bonds is 3. The molecular weight excluding hydrogens is 180 g/mol. The fourth-order valence-electron chi connectivity index (χ4n) is 1.29. The Kier molecular flexibility index (Phi) is 3.01. The Morgan fingerprint density at radius 1 is 1.43 bits per heavy atom. The molecule has 0 radical (unpaired) electrons. The van der Waals surface area contributed by atoms with Crippen molar-refractivity contribution in [2.75, 3.05) is 5.73 Å². The monoisotopic (exact) mass is 194 g/mol. The van der Waals surface area contributed by atoms with Gasteiger partial charge in [0, 0.05) is 6.42 Å². The maximum atomic E-state index is 11.0. The van der Waals surface area contributed by atoms with Gasteiger partial charge in [-0.1, -0.05) is 6.92 Å². The summed E-state index contributed by atoms with van der Waals surface area (Å²) in [6.45, 7) is 3.73. The van der Waals surface area contributed by atoms with Gasteiger partial charge in [0.2, 0.25) is 0 Å². The molecule has 0 atom stereocenters. The molecule has 0 spiro atoms. The quantitative estimate of drug-likeness (QED) is 0.728. The predicted molar refractivity (Wildman–Crippen MR) is 53.7 cm³/mol. The first kappa shape index (κ1) is 10.4. The zero-order valence-electron chi connectivity index (χ0n) is 8.37. The lowest BCUT2D eigenvalue weighted by Gasteiger charge is -2.06. The number of nitrogen functional groups attached to an aromatic ring is 1. The smallest absolute Gasteiger partial charge is 0.254 e. The van der Waals surface area contributed by atoms with Crippen molar-refractivity contribution in [3.8, 4) is 0 Å². The molecule has 0 aliphatic heterocycles. The average Bonchev–Trinajstić information content (AvgIpc) is 2.01. The van der Waals surface area contributed by atoms with E-state index in [9.17, 15) is 4.79 Å². The van der Waals surface area contributed by atoms with Crippen LogP contribution >= 0.6 is 0 Å². The maximum Gasteiger partial charge on any atom is 0.254 e. The first-order chi connectivity index (χ1) is 6.56. The number of aryl methyl sites for hydroxylation is 2. The third-order valence-corrected chi connectivity index (χ3v) is 1.88. The largest absolute Gasteiger partial charge is 0.383 e. The molecule has 0 aromatic carbocycles. The lowest BCUT2D eigenvalue weighted by molar-refractivity contribution is 0.1000. The Morgan fingerprint density at radius 3 is 2.50 bits per heavy atom. The van der Waals surface area contributed by atoms with Gasteiger partial charge >= 0.3 is 0 Å². The van der Waals surface area contributed by atoms with E-state index in [-0.39, 0.29) is 11.4 Å². The molecule has 5 heteroatoms. The number of hydrogen-bond donors (Lipinski definition) is 2. The van der Waals surface area contributed by atoms with E-state index in [1.54, 1.807) is 6.92 Å². The van der Waals surface area contributed by atoms with Crippen LogP contribution in [-0.4, -0.2) is 15.9 Å². The molecule has 1 rings (SSSR count). The van der Waals surface area contributed by atoms with E-state index < -0.39 is 5.91 Å². The van der Waals surface area contributed by atoms with Gasteiger partial charge in [0.05, 0.1) is 5.69 Å². The third kappa shape index (κ3) is 1.99. The van der Waals surface area contributed by atoms with E-state index in [1.165, 1.54) is 0 Å². The number of primary amides is 1. The van der Waals surface area contributed by atoms with Crippen molar-refractivity contribution in [3.63, 3.8) is 0 Å². The molecule has 1 heterocycles. The van der Waals surface area contributed by atoms with Crippen LogP contribution in [0.4, 0.5) is 5.82 Å². The van der Waals surface area contributed by atoms with Gasteiger partial charge in [-0.25, -0.2) is 9.97 Å². The molecule has 5 nitrogen and oxygen atoms in total. The number of amides is 1. The number of hydrogen-bond acceptors (Lipinski definition) is 4. The molecule has 76 valence electrons. The van der Waals surface area contributed by atoms with Crippen molar-refractivity contribution >= 4 is 11.7 Å². The Bertz CT molecular complexity index is 339. The number of anilines is 1. The summed E-state index contributed by atoms with van der Waals surface area (Å²) in [6.07, 6.45) is 1.69. The molecule has 0 bridgehead atoms. The van der Waals surface area contributed by atoms with Crippen molar-refractivity contribution in [2.24, 2.45) is 5.73 Å². The van der Waals surface area contributed by atoms with Crippen LogP contribution in [0.25, 0.3) is 0 Å². The van der Waals surface area contributed by atoms with Crippen LogP contribution < -0.4 is 11.5 Å². The molecule has 0 aliphatic carbocycles. The van der Waals surface area contributed by atoms with Gasteiger partial charge in [-0.15, -0.1) is 0 Å². The summed E-state index contributed by atoms with van der Waals surface area (Å²) in [6, 6.07) is 0. The highest BCUT2D eigenvalue weighted by atomic mass is 16.1. The van der Waals surface area contributed by atoms with Crippen molar-refractivity contribution in [3.05, 3.63) is 17.1 Å². The minimum Gasteiger partial charge on any atom is -0.383 e. The van der Waals surface area contributed by atoms with Gasteiger partial charge in [-0.2, -0.15) is 0 Å². The highest BCUT2D eigenvalue weighted by Gasteiger charge is 2.13. The van der Waals surface area contributed by atoms with Crippen LogP contribution in [0.1, 0.15) is 35.2 Å². The van der Waals surface area contributed by atoms with Crippen LogP contribution in [0, 0.1) is 6.92 Å². The van der Waals surface area contributed by atoms with Crippen LogP contribution in [0.5, 0.6) is 0 Å². The minimum absolute atomic E-state index is 0.174. The van der Waals surface area contributed by atoms with Gasteiger partial charge in [0.25, 0.3) is 5.91 Å². The van der Waals surface area contributed by atoms with Crippen LogP contribution in [-0.2, 0) is 6.42 Å². The van der Waals surface area contributed by atoms with Crippen LogP contribution in [0.3, 0.4) is 0 Å². The Hall–Kier alpha value is -1.65. The van der Waals surface area contributed by atoms with E-state index in [4.69, 9.17) is 11.5 Å². The lowest BCUT2D eigenvalue weighted by atomic mass is 10.2. The van der Waals surface area contributed by atoms with E-state index in [0.29, 0.717) is 11.5 Å². The molecule has 4 N–H and O–H groups in total. The van der Waals surface area contributed by atoms with Gasteiger partial charge in [0.1, 0.15) is 17.2 Å². The standard InChI is InChI=1S/C9H14N4O/c1-3-4-6-12-5(2)7(9(11)14)8(10)13-6/h3-4H2,1-2H3,(H2,11,14)(H2,10,12,13). The van der Waals surface area contributed by atoms with Crippen molar-refractivity contribution in [1.82, 2.24) is 9.97 Å². The Labute approximate surface area is 82.5 Å². The number of carbonyl (C=O) groups is 1. The summed E-state index contributed by atoms with van der Waals surface area (Å²) in [7, 11) is 0. The molecule has 1 aromatic heterocycles. The van der Waals surface area contributed by atoms with Gasteiger partial charge < -0.3 is 11.5 Å². The van der Waals surface area contributed by atoms with Gasteiger partial charge in [-0.3, -0.25) is 4.79 Å². The summed E-state index contributed by atoms with van der Waals surface area (Å²) in [5.74, 6) is 0.254. The highest BCUT2D eigenvalue weighted by molar-refractivity contribution is 5.98. The zero-order valence-corrected chi connectivity index (χ0v) is 8.37. The highest BCUT2D eigenvalue weighted by Crippen LogP contribution is 2.12. The summed E-state index contributed by atoms with van der Waals surface area (Å²) >= 11 is 0. The third-order valence-electron chi connectivity index (χ3n) is 1.88. The summed E-state index contributed by atoms with van der Waals surface area (Å²) in [5, 5.41) is 0. The van der Waals surface area contributed by atoms with E-state index in [1.807, 2.05) is 6.92 Å². The first-order valence-corrected chi connectivity index (χ1v) is 4.49. The second kappa shape index (κ2) is 4.04. The topological polar surface area (TPSA) is 94.9 Å². The van der Waals surface area contributed by atoms with Gasteiger partial charge in [0.15, 0.2) is 0 Å². The summed E-state index contributed by atoms with van der Waals surface area (Å²) in [4.78, 5) is 19.1. The van der Waals surface area contributed by atoms with Crippen LogP contribution in [0.2, 0.25) is 0 Å². The predicted octanol–water partition coefficient (Wildman–Crippen LogP) is 0.419. The molecule has 0 unspecified atom stereocenters. The maximum absolute atomic E-state index is 11.0. The number of nitrogens with two attached hydrogens (primary N) is 2. The SMILES string of the molecule is CCCc1nc(C)c(C(N)=O)c(N)n1. The van der Waals surface area contributed by atoms with Crippen molar-refractivity contribution in [1.29, 1.82) is 0 Å². The molecule has 14 heavy (non-hydrogen) atoms. The number of carbonyl (C=O) groups excluding carboxylic acids is 1. The first-order valence-electron chi connectivity index (χ1n) is 4.49. The molecule has 0 fully saturated rings. The van der Waals surface area contributed by atoms with Crippen molar-refractivity contribution in [2.45, 2.75) is 26.7 Å². The fourth-order valence-corrected chi connectivity index (χ4v) is 1.29. The molecule has 0 saturated heterocycles. The molecular formula is C9H14N4O. The van der Waals surface area contributed by atoms with E-state index >= 15 is 0 Å². The van der Waals surface area contributed by atoms with Crippen molar-refractivity contribution < 1.29 is 4.79 Å². The Balaban J connectivity index is 3.18. The molecule has 1 amide bonds. The second-order valence-electron chi connectivity index (χ2n) is 3.10. The fraction of sp³-hybridized carbons (Fsp3) is 0.444. The number of nitrogens with zero attached hydrogens (tertiary/aromatic N) is 2. The normalized spacial score (nSPS) is 10.1. The average molecular weight is 194 g/mol. The van der Waals surface area contributed by atoms with E-state index in [0.717, 1.165) is 12.8 Å².